The third kappa shape index (κ3) is 6.57. The molecule has 0 radical (unpaired) electrons. The van der Waals surface area contributed by atoms with Gasteiger partial charge < -0.3 is 25.4 Å². The topological polar surface area (TPSA) is 73.8 Å². The Morgan fingerprint density at radius 1 is 1.35 bits per heavy atom. The van der Waals surface area contributed by atoms with Crippen LogP contribution in [0.4, 0.5) is 16.2 Å². The second-order valence-electron chi connectivity index (χ2n) is 7.61. The van der Waals surface area contributed by atoms with E-state index in [1.54, 1.807) is 0 Å². The summed E-state index contributed by atoms with van der Waals surface area (Å²) in [6.45, 7) is 7.69. The van der Waals surface area contributed by atoms with Crippen molar-refractivity contribution in [3.05, 3.63) is 24.3 Å². The molecule has 6 nitrogen and oxygen atoms in total. The molecule has 1 aromatic rings. The molecule has 7 heteroatoms. The third-order valence-electron chi connectivity index (χ3n) is 4.17. The maximum atomic E-state index is 11.9. The number of nitrogens with zero attached hydrogens (tertiary/aromatic N) is 1. The lowest BCUT2D eigenvalue weighted by Crippen LogP contribution is -2.46. The van der Waals surface area contributed by atoms with Crippen molar-refractivity contribution in [3.63, 3.8) is 0 Å². The maximum Gasteiger partial charge on any atom is 0.407 e. The van der Waals surface area contributed by atoms with E-state index in [0.717, 1.165) is 37.3 Å². The third-order valence-corrected chi connectivity index (χ3v) is 4.52. The fraction of sp³-hybridized carbons (Fsp3) is 0.632. The van der Waals surface area contributed by atoms with Crippen molar-refractivity contribution >= 4 is 29.1 Å². The summed E-state index contributed by atoms with van der Waals surface area (Å²) < 4.78 is 5.33. The molecule has 0 spiro atoms. The average molecular weight is 384 g/mol. The molecule has 0 saturated carbocycles. The van der Waals surface area contributed by atoms with E-state index in [9.17, 15) is 9.90 Å². The Bertz CT molecular complexity index is 584. The van der Waals surface area contributed by atoms with Gasteiger partial charge in [-0.15, -0.1) is 11.6 Å². The second kappa shape index (κ2) is 9.33. The number of amides is 1. The van der Waals surface area contributed by atoms with Gasteiger partial charge in [0.25, 0.3) is 0 Å². The van der Waals surface area contributed by atoms with Crippen LogP contribution in [-0.2, 0) is 4.74 Å². The number of anilines is 2. The molecule has 146 valence electrons. The number of carbonyl (C=O) groups is 1. The summed E-state index contributed by atoms with van der Waals surface area (Å²) in [7, 11) is 0. The highest BCUT2D eigenvalue weighted by Gasteiger charge is 2.24. The molecule has 1 unspecified atom stereocenters. The molecule has 1 atom stereocenters. The lowest BCUT2D eigenvalue weighted by Gasteiger charge is -2.35. The number of ether oxygens (including phenoxy) is 1. The molecule has 0 bridgehead atoms. The smallest absolute Gasteiger partial charge is 0.407 e. The first-order valence-electron chi connectivity index (χ1n) is 9.10. The molecule has 0 aromatic heterocycles. The average Bonchev–Trinajstić information content (AvgIpc) is 2.59. The van der Waals surface area contributed by atoms with Gasteiger partial charge in [0.1, 0.15) is 5.60 Å². The monoisotopic (exact) mass is 383 g/mol. The largest absolute Gasteiger partial charge is 0.444 e. The number of hydrogen-bond donors (Lipinski definition) is 3. The number of halogens is 1. The van der Waals surface area contributed by atoms with Gasteiger partial charge in [0, 0.05) is 25.7 Å². The minimum absolute atomic E-state index is 0.124. The number of piperidine rings is 1. The van der Waals surface area contributed by atoms with Crippen LogP contribution in [0.25, 0.3) is 0 Å². The van der Waals surface area contributed by atoms with Crippen LogP contribution in [0.5, 0.6) is 0 Å². The maximum absolute atomic E-state index is 11.9. The fourth-order valence-corrected chi connectivity index (χ4v) is 3.03. The number of alkyl carbamates (subject to hydrolysis) is 1. The Morgan fingerprint density at radius 2 is 2.00 bits per heavy atom. The Balaban J connectivity index is 1.89. The van der Waals surface area contributed by atoms with E-state index < -0.39 is 11.7 Å². The Kier molecular flexibility index (Phi) is 7.41. The first-order chi connectivity index (χ1) is 12.3. The molecule has 26 heavy (non-hydrogen) atoms. The van der Waals surface area contributed by atoms with Crippen molar-refractivity contribution in [1.29, 1.82) is 0 Å². The summed E-state index contributed by atoms with van der Waals surface area (Å²) in [6, 6.07) is 8.16. The van der Waals surface area contributed by atoms with Gasteiger partial charge >= 0.3 is 6.09 Å². The van der Waals surface area contributed by atoms with E-state index in [0.29, 0.717) is 6.54 Å². The zero-order valence-corrected chi connectivity index (χ0v) is 16.6. The molecular formula is C19H30ClN3O3. The quantitative estimate of drug-likeness (QED) is 0.658. The van der Waals surface area contributed by atoms with Crippen LogP contribution in [0, 0.1) is 0 Å². The van der Waals surface area contributed by atoms with E-state index in [4.69, 9.17) is 16.3 Å². The van der Waals surface area contributed by atoms with E-state index in [2.05, 4.69) is 21.6 Å². The van der Waals surface area contributed by atoms with Crippen LogP contribution >= 0.6 is 11.6 Å². The van der Waals surface area contributed by atoms with E-state index >= 15 is 0 Å². The van der Waals surface area contributed by atoms with E-state index in [1.807, 2.05) is 39.0 Å². The number of benzene rings is 1. The van der Waals surface area contributed by atoms with Crippen LogP contribution in [0.3, 0.4) is 0 Å². The van der Waals surface area contributed by atoms with Crippen molar-refractivity contribution in [2.75, 3.05) is 35.7 Å². The van der Waals surface area contributed by atoms with Gasteiger partial charge in [0.05, 0.1) is 23.4 Å². The van der Waals surface area contributed by atoms with Crippen LogP contribution in [0.2, 0.25) is 0 Å². The zero-order chi connectivity index (χ0) is 19.2. The van der Waals surface area contributed by atoms with Gasteiger partial charge in [0.2, 0.25) is 0 Å². The van der Waals surface area contributed by atoms with Crippen molar-refractivity contribution in [2.45, 2.75) is 51.4 Å². The van der Waals surface area contributed by atoms with Gasteiger partial charge in [-0.1, -0.05) is 12.1 Å². The van der Waals surface area contributed by atoms with Crippen molar-refractivity contribution in [3.8, 4) is 0 Å². The highest BCUT2D eigenvalue weighted by Crippen LogP contribution is 2.28. The van der Waals surface area contributed by atoms with Crippen molar-refractivity contribution < 1.29 is 14.6 Å². The lowest BCUT2D eigenvalue weighted by molar-refractivity contribution is 0.0497. The number of carbonyl (C=O) groups excluding carboxylic acids is 1. The fourth-order valence-electron chi connectivity index (χ4n) is 2.92. The molecule has 1 fully saturated rings. The molecule has 1 saturated heterocycles. The molecule has 0 aliphatic carbocycles. The Hall–Kier alpha value is -1.66. The molecule has 1 heterocycles. The summed E-state index contributed by atoms with van der Waals surface area (Å²) in [6.07, 6.45) is 0.789. The van der Waals surface area contributed by atoms with Gasteiger partial charge in [-0.3, -0.25) is 0 Å². The zero-order valence-electron chi connectivity index (χ0n) is 15.8. The number of rotatable bonds is 6. The van der Waals surface area contributed by atoms with Gasteiger partial charge in [-0.2, -0.15) is 0 Å². The van der Waals surface area contributed by atoms with E-state index in [1.165, 1.54) is 0 Å². The molecular weight excluding hydrogens is 354 g/mol. The number of para-hydroxylation sites is 2. The molecule has 1 aromatic carbocycles. The predicted molar refractivity (Wildman–Crippen MR) is 106 cm³/mol. The Labute approximate surface area is 160 Å². The van der Waals surface area contributed by atoms with Gasteiger partial charge in [0.15, 0.2) is 0 Å². The molecule has 1 aliphatic heterocycles. The summed E-state index contributed by atoms with van der Waals surface area (Å²) in [4.78, 5) is 14.2. The van der Waals surface area contributed by atoms with Crippen molar-refractivity contribution in [1.82, 2.24) is 5.32 Å². The number of aliphatic hydroxyl groups excluding tert-OH is 1. The van der Waals surface area contributed by atoms with Gasteiger partial charge in [-0.25, -0.2) is 4.79 Å². The number of alkyl halides is 1. The van der Waals surface area contributed by atoms with Crippen LogP contribution in [-0.4, -0.2) is 54.5 Å². The number of aliphatic hydroxyl groups is 1. The predicted octanol–water partition coefficient (Wildman–Crippen LogP) is 3.19. The number of nitrogens with one attached hydrogen (secondary N) is 2. The van der Waals surface area contributed by atoms with Crippen LogP contribution in [0.1, 0.15) is 33.6 Å². The van der Waals surface area contributed by atoms with Crippen LogP contribution < -0.4 is 15.5 Å². The molecule has 2 rings (SSSR count). The summed E-state index contributed by atoms with van der Waals surface area (Å²) in [5.41, 5.74) is 1.60. The first-order valence-corrected chi connectivity index (χ1v) is 9.63. The second-order valence-corrected chi connectivity index (χ2v) is 7.92. The first kappa shape index (κ1) is 20.6. The Morgan fingerprint density at radius 3 is 2.62 bits per heavy atom. The van der Waals surface area contributed by atoms with Crippen LogP contribution in [0.15, 0.2) is 24.3 Å². The normalized spacial score (nSPS) is 16.9. The molecule has 1 aliphatic rings. The number of hydrogen-bond acceptors (Lipinski definition) is 5. The standard InChI is InChI=1S/C19H30ClN3O3/c1-19(2,3)26-18(25)22-14-8-10-23(11-9-14)17-7-5-4-6-16(17)21-13-15(24)12-20/h4-7,14-15,21,24H,8-13H2,1-3H3,(H,22,25). The summed E-state index contributed by atoms with van der Waals surface area (Å²) in [5.74, 6) is 0.205. The SMILES string of the molecule is CC(C)(C)OC(=O)NC1CCN(c2ccccc2NCC(O)CCl)CC1. The minimum Gasteiger partial charge on any atom is -0.444 e. The highest BCUT2D eigenvalue weighted by molar-refractivity contribution is 6.18. The van der Waals surface area contributed by atoms with E-state index in [-0.39, 0.29) is 18.0 Å². The molecule has 1 amide bonds. The summed E-state index contributed by atoms with van der Waals surface area (Å²) >= 11 is 5.66. The van der Waals surface area contributed by atoms with Gasteiger partial charge in [-0.05, 0) is 45.7 Å². The highest BCUT2D eigenvalue weighted by atomic mass is 35.5. The molecule has 3 N–H and O–H groups in total. The lowest BCUT2D eigenvalue weighted by atomic mass is 10.0. The minimum atomic E-state index is -0.575. The van der Waals surface area contributed by atoms with Crippen molar-refractivity contribution in [2.24, 2.45) is 0 Å². The summed E-state index contributed by atoms with van der Waals surface area (Å²) in [5, 5.41) is 15.9.